The summed E-state index contributed by atoms with van der Waals surface area (Å²) in [4.78, 5) is 7.49. The van der Waals surface area contributed by atoms with Crippen molar-refractivity contribution in [2.24, 2.45) is 0 Å². The molecule has 0 aliphatic carbocycles. The van der Waals surface area contributed by atoms with Crippen LogP contribution in [0.2, 0.25) is 5.02 Å². The SMILES string of the molecule is CCCCN(CCCC)CCCn1c(COc2ccc(C)cc2C)nc2cc(Cl)ccc21. The standard InChI is InChI=1S/C27H38ClN3O/c1-5-7-14-30(15-8-6-2)16-9-17-31-25-12-11-23(28)19-24(25)29-27(31)20-32-26-13-10-21(3)18-22(26)4/h10-13,18-19H,5-9,14-17,20H2,1-4H3. The fourth-order valence-electron chi connectivity index (χ4n) is 4.17. The maximum Gasteiger partial charge on any atom is 0.147 e. The smallest absolute Gasteiger partial charge is 0.147 e. The highest BCUT2D eigenvalue weighted by atomic mass is 35.5. The van der Waals surface area contributed by atoms with E-state index in [0.29, 0.717) is 11.6 Å². The van der Waals surface area contributed by atoms with Crippen LogP contribution in [0, 0.1) is 13.8 Å². The molecule has 3 aromatic rings. The summed E-state index contributed by atoms with van der Waals surface area (Å²) in [6.07, 6.45) is 6.12. The highest BCUT2D eigenvalue weighted by Gasteiger charge is 2.13. The molecule has 174 valence electrons. The second kappa shape index (κ2) is 12.3. The van der Waals surface area contributed by atoms with Gasteiger partial charge in [-0.25, -0.2) is 4.98 Å². The number of hydrogen-bond acceptors (Lipinski definition) is 3. The van der Waals surface area contributed by atoms with E-state index < -0.39 is 0 Å². The highest BCUT2D eigenvalue weighted by molar-refractivity contribution is 6.31. The summed E-state index contributed by atoms with van der Waals surface area (Å²) in [6.45, 7) is 13.6. The molecule has 0 aliphatic rings. The minimum atomic E-state index is 0.450. The summed E-state index contributed by atoms with van der Waals surface area (Å²) in [5.74, 6) is 1.87. The monoisotopic (exact) mass is 455 g/mol. The molecule has 1 heterocycles. The van der Waals surface area contributed by atoms with E-state index in [0.717, 1.165) is 47.7 Å². The van der Waals surface area contributed by atoms with Gasteiger partial charge in [-0.1, -0.05) is 56.0 Å². The first-order valence-corrected chi connectivity index (χ1v) is 12.5. The van der Waals surface area contributed by atoms with Crippen LogP contribution < -0.4 is 4.74 Å². The summed E-state index contributed by atoms with van der Waals surface area (Å²) in [7, 11) is 0. The molecule has 5 heteroatoms. The molecule has 0 unspecified atom stereocenters. The van der Waals surface area contributed by atoms with Gasteiger partial charge in [-0.15, -0.1) is 0 Å². The third-order valence-electron chi connectivity index (χ3n) is 5.99. The molecule has 0 saturated heterocycles. The van der Waals surface area contributed by atoms with Crippen LogP contribution in [0.1, 0.15) is 62.9 Å². The Kier molecular flexibility index (Phi) is 9.43. The second-order valence-corrected chi connectivity index (χ2v) is 9.21. The Morgan fingerprint density at radius 2 is 1.66 bits per heavy atom. The molecule has 0 radical (unpaired) electrons. The first-order chi connectivity index (χ1) is 15.5. The van der Waals surface area contributed by atoms with Crippen LogP contribution in [0.15, 0.2) is 36.4 Å². The topological polar surface area (TPSA) is 30.3 Å². The number of rotatable bonds is 13. The number of aryl methyl sites for hydroxylation is 3. The average molecular weight is 456 g/mol. The van der Waals surface area contributed by atoms with Crippen LogP contribution >= 0.6 is 11.6 Å². The Balaban J connectivity index is 1.73. The van der Waals surface area contributed by atoms with Crippen LogP contribution in [0.5, 0.6) is 5.75 Å². The Labute approximate surface area is 198 Å². The molecule has 3 rings (SSSR count). The minimum absolute atomic E-state index is 0.450. The van der Waals surface area contributed by atoms with Crippen LogP contribution in [-0.2, 0) is 13.2 Å². The normalized spacial score (nSPS) is 11.6. The lowest BCUT2D eigenvalue weighted by molar-refractivity contribution is 0.254. The zero-order chi connectivity index (χ0) is 22.9. The van der Waals surface area contributed by atoms with Crippen molar-refractivity contribution in [2.75, 3.05) is 19.6 Å². The maximum absolute atomic E-state index is 6.24. The molecule has 0 bridgehead atoms. The van der Waals surface area contributed by atoms with E-state index in [-0.39, 0.29) is 0 Å². The highest BCUT2D eigenvalue weighted by Crippen LogP contribution is 2.24. The summed E-state index contributed by atoms with van der Waals surface area (Å²) < 4.78 is 8.50. The molecule has 4 nitrogen and oxygen atoms in total. The molecule has 1 aromatic heterocycles. The number of ether oxygens (including phenoxy) is 1. The van der Waals surface area contributed by atoms with Crippen LogP contribution in [0.4, 0.5) is 0 Å². The maximum atomic E-state index is 6.24. The minimum Gasteiger partial charge on any atom is -0.485 e. The number of unbranched alkanes of at least 4 members (excludes halogenated alkanes) is 2. The van der Waals surface area contributed by atoms with Crippen LogP contribution in [0.25, 0.3) is 11.0 Å². The molecule has 0 amide bonds. The largest absolute Gasteiger partial charge is 0.485 e. The number of benzene rings is 2. The number of nitrogens with zero attached hydrogens (tertiary/aromatic N) is 3. The van der Waals surface area contributed by atoms with Crippen LogP contribution in [-0.4, -0.2) is 34.1 Å². The van der Waals surface area contributed by atoms with Gasteiger partial charge in [0.25, 0.3) is 0 Å². The van der Waals surface area contributed by atoms with Crippen molar-refractivity contribution >= 4 is 22.6 Å². The van der Waals surface area contributed by atoms with E-state index in [1.165, 1.54) is 44.3 Å². The Hall–Kier alpha value is -2.04. The van der Waals surface area contributed by atoms with Crippen molar-refractivity contribution in [3.05, 3.63) is 58.4 Å². The van der Waals surface area contributed by atoms with Crippen molar-refractivity contribution < 1.29 is 4.74 Å². The summed E-state index contributed by atoms with van der Waals surface area (Å²) in [5, 5.41) is 0.717. The van der Waals surface area contributed by atoms with E-state index >= 15 is 0 Å². The van der Waals surface area contributed by atoms with E-state index in [4.69, 9.17) is 21.3 Å². The number of halogens is 1. The van der Waals surface area contributed by atoms with Gasteiger partial charge in [-0.05, 0) is 82.6 Å². The predicted molar refractivity (Wildman–Crippen MR) is 136 cm³/mol. The first-order valence-electron chi connectivity index (χ1n) is 12.1. The Bertz CT molecular complexity index is 990. The van der Waals surface area contributed by atoms with Crippen molar-refractivity contribution in [3.63, 3.8) is 0 Å². The zero-order valence-corrected chi connectivity index (χ0v) is 20.9. The molecular weight excluding hydrogens is 418 g/mol. The van der Waals surface area contributed by atoms with Crippen LogP contribution in [0.3, 0.4) is 0 Å². The van der Waals surface area contributed by atoms with E-state index in [2.05, 4.69) is 55.4 Å². The van der Waals surface area contributed by atoms with Gasteiger partial charge in [-0.2, -0.15) is 0 Å². The zero-order valence-electron chi connectivity index (χ0n) is 20.2. The van der Waals surface area contributed by atoms with E-state index in [1.54, 1.807) is 0 Å². The lowest BCUT2D eigenvalue weighted by atomic mass is 10.1. The molecular formula is C27H38ClN3O. The first kappa shape index (κ1) is 24.6. The third kappa shape index (κ3) is 6.73. The molecule has 32 heavy (non-hydrogen) atoms. The number of aromatic nitrogens is 2. The molecule has 0 atom stereocenters. The lowest BCUT2D eigenvalue weighted by Gasteiger charge is -2.22. The molecule has 0 spiro atoms. The third-order valence-corrected chi connectivity index (χ3v) is 6.22. The summed E-state index contributed by atoms with van der Waals surface area (Å²) in [6, 6.07) is 12.3. The Morgan fingerprint density at radius 3 is 2.34 bits per heavy atom. The van der Waals surface area contributed by atoms with Gasteiger partial charge in [-0.3, -0.25) is 0 Å². The molecule has 0 fully saturated rings. The number of hydrogen-bond donors (Lipinski definition) is 0. The van der Waals surface area contributed by atoms with Gasteiger partial charge in [0.15, 0.2) is 0 Å². The fraction of sp³-hybridized carbons (Fsp3) is 0.519. The van der Waals surface area contributed by atoms with Crippen molar-refractivity contribution in [1.29, 1.82) is 0 Å². The van der Waals surface area contributed by atoms with Gasteiger partial charge < -0.3 is 14.2 Å². The number of imidazole rings is 1. The summed E-state index contributed by atoms with van der Waals surface area (Å²) in [5.41, 5.74) is 4.46. The van der Waals surface area contributed by atoms with Crippen molar-refractivity contribution in [1.82, 2.24) is 14.5 Å². The van der Waals surface area contributed by atoms with Crippen molar-refractivity contribution in [3.8, 4) is 5.75 Å². The van der Waals surface area contributed by atoms with E-state index in [9.17, 15) is 0 Å². The van der Waals surface area contributed by atoms with Gasteiger partial charge in [0.1, 0.15) is 18.2 Å². The molecule has 0 saturated carbocycles. The average Bonchev–Trinajstić information content (AvgIpc) is 3.11. The van der Waals surface area contributed by atoms with Gasteiger partial charge in [0.2, 0.25) is 0 Å². The summed E-state index contributed by atoms with van der Waals surface area (Å²) >= 11 is 6.24. The van der Waals surface area contributed by atoms with Gasteiger partial charge in [0.05, 0.1) is 11.0 Å². The predicted octanol–water partition coefficient (Wildman–Crippen LogP) is 7.18. The second-order valence-electron chi connectivity index (χ2n) is 8.77. The quantitative estimate of drug-likeness (QED) is 0.273. The Morgan fingerprint density at radius 1 is 0.938 bits per heavy atom. The molecule has 2 aromatic carbocycles. The lowest BCUT2D eigenvalue weighted by Crippen LogP contribution is -2.28. The fourth-order valence-corrected chi connectivity index (χ4v) is 4.33. The van der Waals surface area contributed by atoms with E-state index in [1.807, 2.05) is 18.2 Å². The number of fused-ring (bicyclic) bond motifs is 1. The van der Waals surface area contributed by atoms with Crippen molar-refractivity contribution in [2.45, 2.75) is 73.0 Å². The molecule has 0 aliphatic heterocycles. The molecule has 0 N–H and O–H groups in total. The van der Waals surface area contributed by atoms with Gasteiger partial charge >= 0.3 is 0 Å². The van der Waals surface area contributed by atoms with Gasteiger partial charge in [0, 0.05) is 11.6 Å².